The van der Waals surface area contributed by atoms with Gasteiger partial charge in [-0.2, -0.15) is 0 Å². The van der Waals surface area contributed by atoms with Crippen molar-refractivity contribution in [3.63, 3.8) is 0 Å². The Labute approximate surface area is 149 Å². The number of hydrogen-bond acceptors (Lipinski definition) is 5. The molecule has 0 aliphatic heterocycles. The van der Waals surface area contributed by atoms with E-state index in [0.29, 0.717) is 21.4 Å². The van der Waals surface area contributed by atoms with Crippen LogP contribution in [0.1, 0.15) is 28.9 Å². The fourth-order valence-corrected chi connectivity index (χ4v) is 3.44. The number of nitrogens with two attached hydrogens (primary N) is 1. The number of nitrogens with one attached hydrogen (secondary N) is 1. The Morgan fingerprint density at radius 3 is 2.56 bits per heavy atom. The molecule has 0 saturated heterocycles. The summed E-state index contributed by atoms with van der Waals surface area (Å²) >= 11 is 1.28. The molecule has 0 radical (unpaired) electrons. The quantitative estimate of drug-likeness (QED) is 0.726. The number of carbonyl (C=O) groups excluding carboxylic acids is 1. The third-order valence-electron chi connectivity index (χ3n) is 4.14. The van der Waals surface area contributed by atoms with E-state index < -0.39 is 11.7 Å². The SMILES string of the molecule is CC(c1ccc(Nc2nc3c(C(N)=O)cc(F)cc3s2)cc1)N(C)C. The van der Waals surface area contributed by atoms with Gasteiger partial charge in [-0.15, -0.1) is 0 Å². The fraction of sp³-hybridized carbons (Fsp3) is 0.222. The monoisotopic (exact) mass is 358 g/mol. The van der Waals surface area contributed by atoms with Crippen molar-refractivity contribution in [3.8, 4) is 0 Å². The van der Waals surface area contributed by atoms with Crippen molar-refractivity contribution >= 4 is 38.3 Å². The van der Waals surface area contributed by atoms with Crippen LogP contribution in [0.2, 0.25) is 0 Å². The average Bonchev–Trinajstić information content (AvgIpc) is 2.95. The molecule has 1 heterocycles. The first-order valence-electron chi connectivity index (χ1n) is 7.78. The van der Waals surface area contributed by atoms with Crippen molar-refractivity contribution in [2.75, 3.05) is 19.4 Å². The highest BCUT2D eigenvalue weighted by atomic mass is 32.1. The van der Waals surface area contributed by atoms with E-state index in [1.165, 1.54) is 23.0 Å². The number of nitrogens with zero attached hydrogens (tertiary/aromatic N) is 2. The Morgan fingerprint density at radius 2 is 1.96 bits per heavy atom. The maximum atomic E-state index is 13.6. The number of anilines is 2. The first-order chi connectivity index (χ1) is 11.8. The summed E-state index contributed by atoms with van der Waals surface area (Å²) in [6.45, 7) is 2.13. The molecule has 0 aliphatic carbocycles. The molecule has 5 nitrogen and oxygen atoms in total. The van der Waals surface area contributed by atoms with Crippen molar-refractivity contribution in [2.24, 2.45) is 5.73 Å². The molecule has 0 aliphatic rings. The van der Waals surface area contributed by atoms with E-state index >= 15 is 0 Å². The standard InChI is InChI=1S/C18H19FN4OS/c1-10(23(2)3)11-4-6-13(7-5-11)21-18-22-16-14(17(20)24)8-12(19)9-15(16)25-18/h4-10H,1-3H3,(H2,20,24)(H,21,22). The van der Waals surface area contributed by atoms with E-state index in [2.05, 4.69) is 34.3 Å². The maximum Gasteiger partial charge on any atom is 0.251 e. The number of thiazole rings is 1. The van der Waals surface area contributed by atoms with Gasteiger partial charge in [0.05, 0.1) is 15.8 Å². The van der Waals surface area contributed by atoms with Gasteiger partial charge < -0.3 is 16.0 Å². The van der Waals surface area contributed by atoms with Gasteiger partial charge in [0.15, 0.2) is 5.13 Å². The minimum atomic E-state index is -0.691. The van der Waals surface area contributed by atoms with Crippen molar-refractivity contribution in [3.05, 3.63) is 53.3 Å². The Morgan fingerprint density at radius 1 is 1.28 bits per heavy atom. The Kier molecular flexibility index (Phi) is 4.69. The van der Waals surface area contributed by atoms with Crippen molar-refractivity contribution in [2.45, 2.75) is 13.0 Å². The first kappa shape index (κ1) is 17.3. The molecule has 0 saturated carbocycles. The van der Waals surface area contributed by atoms with Gasteiger partial charge in [-0.1, -0.05) is 23.5 Å². The number of halogens is 1. The lowest BCUT2D eigenvalue weighted by atomic mass is 10.1. The largest absolute Gasteiger partial charge is 0.366 e. The number of benzene rings is 2. The van der Waals surface area contributed by atoms with Crippen LogP contribution >= 0.6 is 11.3 Å². The van der Waals surface area contributed by atoms with Crippen molar-refractivity contribution in [1.29, 1.82) is 0 Å². The smallest absolute Gasteiger partial charge is 0.251 e. The number of rotatable bonds is 5. The molecule has 25 heavy (non-hydrogen) atoms. The second-order valence-electron chi connectivity index (χ2n) is 6.07. The van der Waals surface area contributed by atoms with Crippen LogP contribution in [0.25, 0.3) is 10.2 Å². The van der Waals surface area contributed by atoms with Gasteiger partial charge in [-0.3, -0.25) is 4.79 Å². The number of fused-ring (bicyclic) bond motifs is 1. The summed E-state index contributed by atoms with van der Waals surface area (Å²) in [5.41, 5.74) is 7.90. The van der Waals surface area contributed by atoms with Gasteiger partial charge in [-0.25, -0.2) is 9.37 Å². The molecule has 3 aromatic rings. The summed E-state index contributed by atoms with van der Waals surface area (Å²) < 4.78 is 14.2. The topological polar surface area (TPSA) is 71.2 Å². The van der Waals surface area contributed by atoms with Gasteiger partial charge in [0.25, 0.3) is 5.91 Å². The third-order valence-corrected chi connectivity index (χ3v) is 5.06. The van der Waals surface area contributed by atoms with Gasteiger partial charge >= 0.3 is 0 Å². The van der Waals surface area contributed by atoms with Crippen LogP contribution in [0.15, 0.2) is 36.4 Å². The van der Waals surface area contributed by atoms with Crippen LogP contribution in [0.4, 0.5) is 15.2 Å². The fourth-order valence-electron chi connectivity index (χ4n) is 2.50. The van der Waals surface area contributed by atoms with Crippen LogP contribution in [0.5, 0.6) is 0 Å². The number of primary amides is 1. The molecule has 3 rings (SSSR count). The highest BCUT2D eigenvalue weighted by Gasteiger charge is 2.14. The summed E-state index contributed by atoms with van der Waals surface area (Å²) in [4.78, 5) is 18.0. The molecule has 1 aromatic heterocycles. The summed E-state index contributed by atoms with van der Waals surface area (Å²) in [6, 6.07) is 10.8. The van der Waals surface area contributed by atoms with Crippen molar-refractivity contribution < 1.29 is 9.18 Å². The van der Waals surface area contributed by atoms with Gasteiger partial charge in [-0.05, 0) is 50.8 Å². The molecule has 7 heteroatoms. The molecular weight excluding hydrogens is 339 g/mol. The molecule has 1 unspecified atom stereocenters. The summed E-state index contributed by atoms with van der Waals surface area (Å²) in [7, 11) is 4.07. The molecule has 130 valence electrons. The van der Waals surface area contributed by atoms with Crippen LogP contribution in [0, 0.1) is 5.82 Å². The van der Waals surface area contributed by atoms with E-state index in [9.17, 15) is 9.18 Å². The number of aromatic nitrogens is 1. The van der Waals surface area contributed by atoms with E-state index in [1.54, 1.807) is 0 Å². The van der Waals surface area contributed by atoms with Gasteiger partial charge in [0, 0.05) is 11.7 Å². The zero-order valence-corrected chi connectivity index (χ0v) is 15.0. The zero-order valence-electron chi connectivity index (χ0n) is 14.2. The molecule has 3 N–H and O–H groups in total. The maximum absolute atomic E-state index is 13.6. The van der Waals surface area contributed by atoms with E-state index in [-0.39, 0.29) is 5.56 Å². The zero-order chi connectivity index (χ0) is 18.1. The summed E-state index contributed by atoms with van der Waals surface area (Å²) in [5, 5.41) is 3.77. The highest BCUT2D eigenvalue weighted by molar-refractivity contribution is 7.22. The molecule has 2 aromatic carbocycles. The summed E-state index contributed by atoms with van der Waals surface area (Å²) in [5.74, 6) is -1.19. The lowest BCUT2D eigenvalue weighted by Crippen LogP contribution is -2.16. The minimum Gasteiger partial charge on any atom is -0.366 e. The molecule has 0 fully saturated rings. The first-order valence-corrected chi connectivity index (χ1v) is 8.60. The predicted octanol–water partition coefficient (Wildman–Crippen LogP) is 3.90. The Balaban J connectivity index is 1.88. The van der Waals surface area contributed by atoms with Gasteiger partial charge in [0.1, 0.15) is 5.82 Å². The summed E-state index contributed by atoms with van der Waals surface area (Å²) in [6.07, 6.45) is 0. The minimum absolute atomic E-state index is 0.0921. The second-order valence-corrected chi connectivity index (χ2v) is 7.10. The number of amides is 1. The Bertz CT molecular complexity index is 921. The Hall–Kier alpha value is -2.51. The molecule has 1 amide bonds. The molecule has 0 spiro atoms. The third kappa shape index (κ3) is 3.62. The number of hydrogen-bond donors (Lipinski definition) is 2. The van der Waals surface area contributed by atoms with E-state index in [0.717, 1.165) is 11.8 Å². The molecular formula is C18H19FN4OS. The normalized spacial score (nSPS) is 12.5. The van der Waals surface area contributed by atoms with E-state index in [4.69, 9.17) is 5.73 Å². The lowest BCUT2D eigenvalue weighted by molar-refractivity contribution is 0.100. The number of carbonyl (C=O) groups is 1. The van der Waals surface area contributed by atoms with Crippen molar-refractivity contribution in [1.82, 2.24) is 9.88 Å². The lowest BCUT2D eigenvalue weighted by Gasteiger charge is -2.20. The van der Waals surface area contributed by atoms with Crippen LogP contribution in [-0.2, 0) is 0 Å². The predicted molar refractivity (Wildman–Crippen MR) is 99.9 cm³/mol. The molecule has 0 bridgehead atoms. The average molecular weight is 358 g/mol. The van der Waals surface area contributed by atoms with Crippen LogP contribution < -0.4 is 11.1 Å². The highest BCUT2D eigenvalue weighted by Crippen LogP contribution is 2.31. The second kappa shape index (κ2) is 6.78. The van der Waals surface area contributed by atoms with Gasteiger partial charge in [0.2, 0.25) is 0 Å². The van der Waals surface area contributed by atoms with E-state index in [1.807, 2.05) is 26.2 Å². The van der Waals surface area contributed by atoms with Crippen LogP contribution in [-0.4, -0.2) is 29.9 Å². The molecule has 1 atom stereocenters. The van der Waals surface area contributed by atoms with Crippen LogP contribution in [0.3, 0.4) is 0 Å².